The molecule has 1 aromatic heterocycles. The third-order valence-corrected chi connectivity index (χ3v) is 4.35. The number of halogens is 1. The average molecular weight is 396 g/mol. The minimum atomic E-state index is -0.399. The van der Waals surface area contributed by atoms with Crippen LogP contribution in [0, 0.1) is 6.92 Å². The summed E-state index contributed by atoms with van der Waals surface area (Å²) in [6, 6.07) is 14.9. The molecule has 7 heteroatoms. The number of aromatic nitrogens is 2. The Labute approximate surface area is 166 Å². The van der Waals surface area contributed by atoms with Crippen molar-refractivity contribution in [1.82, 2.24) is 9.55 Å². The lowest BCUT2D eigenvalue weighted by molar-refractivity contribution is -0.116. The zero-order valence-electron chi connectivity index (χ0n) is 15.4. The normalized spacial score (nSPS) is 10.5. The van der Waals surface area contributed by atoms with Crippen LogP contribution in [0.3, 0.4) is 0 Å². The summed E-state index contributed by atoms with van der Waals surface area (Å²) in [4.78, 5) is 41.0. The number of rotatable bonds is 5. The van der Waals surface area contributed by atoms with E-state index in [0.717, 1.165) is 0 Å². The first-order valence-electron chi connectivity index (χ1n) is 8.59. The van der Waals surface area contributed by atoms with Gasteiger partial charge in [-0.15, -0.1) is 0 Å². The molecule has 2 aromatic carbocycles. The van der Waals surface area contributed by atoms with E-state index in [1.54, 1.807) is 55.5 Å². The summed E-state index contributed by atoms with van der Waals surface area (Å²) < 4.78 is 1.31. The highest BCUT2D eigenvalue weighted by Crippen LogP contribution is 2.19. The van der Waals surface area contributed by atoms with E-state index in [1.165, 1.54) is 17.6 Å². The van der Waals surface area contributed by atoms with E-state index in [4.69, 9.17) is 11.6 Å². The van der Waals surface area contributed by atoms with Gasteiger partial charge in [-0.25, -0.2) is 4.98 Å². The van der Waals surface area contributed by atoms with E-state index in [-0.39, 0.29) is 17.9 Å². The van der Waals surface area contributed by atoms with Crippen molar-refractivity contribution in [2.24, 2.45) is 0 Å². The molecule has 1 amide bonds. The zero-order valence-corrected chi connectivity index (χ0v) is 16.2. The van der Waals surface area contributed by atoms with Crippen molar-refractivity contribution < 1.29 is 9.59 Å². The number of ketones is 1. The molecule has 0 aliphatic carbocycles. The standard InChI is InChI=1S/C21H18ClN3O3/c1-13-10-20(28)25(21(23-13)15-6-8-17(22)9-7-15)12-19(27)24-18-5-3-4-16(11-18)14(2)26/h3-11H,12H2,1-2H3,(H,24,27). The molecule has 28 heavy (non-hydrogen) atoms. The second-order valence-corrected chi connectivity index (χ2v) is 6.77. The molecule has 0 radical (unpaired) electrons. The van der Waals surface area contributed by atoms with Gasteiger partial charge in [0.2, 0.25) is 5.91 Å². The van der Waals surface area contributed by atoms with Crippen molar-refractivity contribution in [3.8, 4) is 11.4 Å². The van der Waals surface area contributed by atoms with Crippen molar-refractivity contribution in [2.45, 2.75) is 20.4 Å². The van der Waals surface area contributed by atoms with Gasteiger partial charge in [0.25, 0.3) is 5.56 Å². The van der Waals surface area contributed by atoms with Crippen LogP contribution in [0.5, 0.6) is 0 Å². The van der Waals surface area contributed by atoms with Crippen LogP contribution in [0.2, 0.25) is 5.02 Å². The highest BCUT2D eigenvalue weighted by atomic mass is 35.5. The number of carbonyl (C=O) groups is 2. The summed E-state index contributed by atoms with van der Waals surface area (Å²) in [7, 11) is 0. The average Bonchev–Trinajstić information content (AvgIpc) is 2.64. The number of hydrogen-bond acceptors (Lipinski definition) is 4. The molecule has 1 heterocycles. The Morgan fingerprint density at radius 2 is 1.82 bits per heavy atom. The van der Waals surface area contributed by atoms with Gasteiger partial charge in [-0.2, -0.15) is 0 Å². The molecule has 0 spiro atoms. The van der Waals surface area contributed by atoms with Gasteiger partial charge in [-0.05, 0) is 50.2 Å². The van der Waals surface area contributed by atoms with Crippen LogP contribution in [0.25, 0.3) is 11.4 Å². The van der Waals surface area contributed by atoms with Gasteiger partial charge in [0.05, 0.1) is 0 Å². The number of carbonyl (C=O) groups excluding carboxylic acids is 2. The van der Waals surface area contributed by atoms with E-state index in [0.29, 0.717) is 33.4 Å². The first kappa shape index (κ1) is 19.5. The summed E-state index contributed by atoms with van der Waals surface area (Å²) in [5, 5.41) is 3.28. The Morgan fingerprint density at radius 1 is 1.11 bits per heavy atom. The Morgan fingerprint density at radius 3 is 2.50 bits per heavy atom. The first-order valence-corrected chi connectivity index (χ1v) is 8.96. The predicted molar refractivity (Wildman–Crippen MR) is 109 cm³/mol. The Bertz CT molecular complexity index is 1100. The number of Topliss-reactive ketones (excluding diaryl/α,β-unsaturated/α-hetero) is 1. The summed E-state index contributed by atoms with van der Waals surface area (Å²) in [5.41, 5.74) is 1.88. The van der Waals surface area contributed by atoms with Crippen molar-refractivity contribution >= 4 is 29.0 Å². The van der Waals surface area contributed by atoms with E-state index >= 15 is 0 Å². The molecule has 0 unspecified atom stereocenters. The van der Waals surface area contributed by atoms with Gasteiger partial charge in [0.15, 0.2) is 5.78 Å². The largest absolute Gasteiger partial charge is 0.325 e. The topological polar surface area (TPSA) is 81.1 Å². The van der Waals surface area contributed by atoms with Gasteiger partial charge in [0, 0.05) is 33.6 Å². The molecular weight excluding hydrogens is 378 g/mol. The molecule has 0 aliphatic rings. The third-order valence-electron chi connectivity index (χ3n) is 4.09. The molecule has 1 N–H and O–H groups in total. The minimum absolute atomic E-state index is 0.0972. The van der Waals surface area contributed by atoms with Crippen LogP contribution in [-0.2, 0) is 11.3 Å². The first-order chi connectivity index (χ1) is 13.3. The fourth-order valence-corrected chi connectivity index (χ4v) is 2.88. The Hall–Kier alpha value is -3.25. The van der Waals surface area contributed by atoms with Crippen molar-refractivity contribution in [2.75, 3.05) is 5.32 Å². The maximum absolute atomic E-state index is 12.5. The van der Waals surface area contributed by atoms with E-state index in [9.17, 15) is 14.4 Å². The highest BCUT2D eigenvalue weighted by molar-refractivity contribution is 6.30. The molecule has 0 aliphatic heterocycles. The van der Waals surface area contributed by atoms with Gasteiger partial charge in [-0.1, -0.05) is 23.7 Å². The summed E-state index contributed by atoms with van der Waals surface area (Å²) >= 11 is 5.93. The Balaban J connectivity index is 1.90. The fourth-order valence-electron chi connectivity index (χ4n) is 2.75. The van der Waals surface area contributed by atoms with Crippen LogP contribution < -0.4 is 10.9 Å². The number of aryl methyl sites for hydroxylation is 1. The van der Waals surface area contributed by atoms with Crippen LogP contribution in [-0.4, -0.2) is 21.2 Å². The summed E-state index contributed by atoms with van der Waals surface area (Å²) in [5.74, 6) is -0.113. The molecule has 3 rings (SSSR count). The van der Waals surface area contributed by atoms with Crippen LogP contribution >= 0.6 is 11.6 Å². The van der Waals surface area contributed by atoms with Crippen LogP contribution in [0.4, 0.5) is 5.69 Å². The van der Waals surface area contributed by atoms with Crippen molar-refractivity contribution in [3.63, 3.8) is 0 Å². The summed E-state index contributed by atoms with van der Waals surface area (Å²) in [6.45, 7) is 2.96. The number of amides is 1. The van der Waals surface area contributed by atoms with Crippen LogP contribution in [0.15, 0.2) is 59.4 Å². The molecular formula is C21H18ClN3O3. The number of nitrogens with zero attached hydrogens (tertiary/aromatic N) is 2. The number of nitrogens with one attached hydrogen (secondary N) is 1. The van der Waals surface area contributed by atoms with Gasteiger partial charge in [0.1, 0.15) is 12.4 Å². The minimum Gasteiger partial charge on any atom is -0.325 e. The lowest BCUT2D eigenvalue weighted by Gasteiger charge is -2.13. The van der Waals surface area contributed by atoms with E-state index < -0.39 is 5.91 Å². The fraction of sp³-hybridized carbons (Fsp3) is 0.143. The van der Waals surface area contributed by atoms with E-state index in [1.807, 2.05) is 0 Å². The molecule has 0 bridgehead atoms. The maximum Gasteiger partial charge on any atom is 0.254 e. The zero-order chi connectivity index (χ0) is 20.3. The lowest BCUT2D eigenvalue weighted by Crippen LogP contribution is -2.29. The molecule has 0 saturated heterocycles. The van der Waals surface area contributed by atoms with Gasteiger partial charge >= 0.3 is 0 Å². The predicted octanol–water partition coefficient (Wildman–Crippen LogP) is 3.71. The summed E-state index contributed by atoms with van der Waals surface area (Å²) in [6.07, 6.45) is 0. The smallest absolute Gasteiger partial charge is 0.254 e. The second-order valence-electron chi connectivity index (χ2n) is 6.34. The monoisotopic (exact) mass is 395 g/mol. The number of hydrogen-bond donors (Lipinski definition) is 1. The molecule has 0 saturated carbocycles. The molecule has 6 nitrogen and oxygen atoms in total. The second kappa shape index (κ2) is 8.19. The van der Waals surface area contributed by atoms with E-state index in [2.05, 4.69) is 10.3 Å². The quantitative estimate of drug-likeness (QED) is 0.667. The molecule has 3 aromatic rings. The van der Waals surface area contributed by atoms with Crippen molar-refractivity contribution in [1.29, 1.82) is 0 Å². The van der Waals surface area contributed by atoms with Crippen molar-refractivity contribution in [3.05, 3.63) is 81.2 Å². The SMILES string of the molecule is CC(=O)c1cccc(NC(=O)Cn2c(-c3ccc(Cl)cc3)nc(C)cc2=O)c1. The number of benzene rings is 2. The Kier molecular flexibility index (Phi) is 5.70. The van der Waals surface area contributed by atoms with Gasteiger partial charge < -0.3 is 5.32 Å². The van der Waals surface area contributed by atoms with Crippen LogP contribution in [0.1, 0.15) is 23.0 Å². The third kappa shape index (κ3) is 4.53. The molecule has 0 atom stereocenters. The highest BCUT2D eigenvalue weighted by Gasteiger charge is 2.14. The molecule has 142 valence electrons. The lowest BCUT2D eigenvalue weighted by atomic mass is 10.1. The van der Waals surface area contributed by atoms with Gasteiger partial charge in [-0.3, -0.25) is 19.0 Å². The molecule has 0 fully saturated rings. The maximum atomic E-state index is 12.5. The number of anilines is 1.